The van der Waals surface area contributed by atoms with Gasteiger partial charge in [0.2, 0.25) is 10.0 Å². The van der Waals surface area contributed by atoms with E-state index in [1.807, 2.05) is 44.2 Å². The molecule has 0 saturated carbocycles. The number of anilines is 2. The number of para-hydroxylation sites is 1. The fourth-order valence-corrected chi connectivity index (χ4v) is 5.15. The Labute approximate surface area is 201 Å². The molecule has 0 radical (unpaired) electrons. The van der Waals surface area contributed by atoms with Crippen LogP contribution in [0.25, 0.3) is 0 Å². The Balaban J connectivity index is 2.00. The molecule has 1 unspecified atom stereocenters. The number of hydrogen-bond acceptors (Lipinski definition) is 4. The molecule has 0 saturated heterocycles. The summed E-state index contributed by atoms with van der Waals surface area (Å²) in [6.07, 6.45) is -4.28. The average molecular weight is 504 g/mol. The monoisotopic (exact) mass is 503 g/mol. The summed E-state index contributed by atoms with van der Waals surface area (Å²) in [7, 11) is -4.76. The Morgan fingerprint density at radius 2 is 1.71 bits per heavy atom. The molecular formula is C25H24F3N3O3S. The van der Waals surface area contributed by atoms with Crippen molar-refractivity contribution in [1.29, 1.82) is 0 Å². The molecule has 1 amide bonds. The van der Waals surface area contributed by atoms with Crippen LogP contribution in [-0.4, -0.2) is 14.3 Å². The molecule has 0 aromatic heterocycles. The number of nitrogens with zero attached hydrogens (tertiary/aromatic N) is 1. The van der Waals surface area contributed by atoms with Gasteiger partial charge in [0.15, 0.2) is 0 Å². The third-order valence-electron chi connectivity index (χ3n) is 5.98. The lowest BCUT2D eigenvalue weighted by Gasteiger charge is -2.40. The summed E-state index contributed by atoms with van der Waals surface area (Å²) in [6, 6.07) is 15.9. The van der Waals surface area contributed by atoms with E-state index >= 15 is 0 Å². The molecule has 35 heavy (non-hydrogen) atoms. The van der Waals surface area contributed by atoms with Crippen molar-refractivity contribution in [3.05, 3.63) is 88.5 Å². The number of aryl methyl sites for hydroxylation is 2. The Hall–Kier alpha value is -3.37. The lowest BCUT2D eigenvalue weighted by Crippen LogP contribution is -2.44. The quantitative estimate of drug-likeness (QED) is 0.489. The van der Waals surface area contributed by atoms with Gasteiger partial charge in [-0.15, -0.1) is 0 Å². The van der Waals surface area contributed by atoms with Gasteiger partial charge in [0.1, 0.15) is 6.17 Å². The van der Waals surface area contributed by atoms with E-state index in [4.69, 9.17) is 5.14 Å². The maximum Gasteiger partial charge on any atom is 0.417 e. The van der Waals surface area contributed by atoms with E-state index in [1.165, 1.54) is 4.90 Å². The van der Waals surface area contributed by atoms with Gasteiger partial charge in [-0.25, -0.2) is 13.6 Å². The maximum atomic E-state index is 13.8. The highest BCUT2D eigenvalue weighted by Crippen LogP contribution is 2.43. The number of amides is 1. The van der Waals surface area contributed by atoms with Crippen LogP contribution in [0.2, 0.25) is 0 Å². The van der Waals surface area contributed by atoms with Gasteiger partial charge in [-0.3, -0.25) is 9.69 Å². The van der Waals surface area contributed by atoms with Gasteiger partial charge in [-0.2, -0.15) is 13.2 Å². The molecule has 0 spiro atoms. The van der Waals surface area contributed by atoms with Crippen molar-refractivity contribution in [1.82, 2.24) is 0 Å². The zero-order chi connectivity index (χ0) is 25.5. The molecule has 1 atom stereocenters. The zero-order valence-electron chi connectivity index (χ0n) is 19.1. The standard InChI is InChI=1S/C25H24F3N3O3S/c1-3-8-16-10-5-6-11-17(16)23-30-20-14-19(25(26,27)28)22(35(29,33)34)13-18(20)24(32)31(23)21-12-7-4-9-15(21)2/h4-7,9-14,23,30H,3,8H2,1-2H3,(H2,29,33,34). The second-order valence-corrected chi connectivity index (χ2v) is 9.92. The molecular weight excluding hydrogens is 479 g/mol. The van der Waals surface area contributed by atoms with Gasteiger partial charge in [-0.05, 0) is 48.2 Å². The number of nitrogens with two attached hydrogens (primary N) is 1. The number of benzene rings is 3. The Bertz CT molecular complexity index is 1400. The number of hydrogen-bond donors (Lipinski definition) is 2. The number of sulfonamides is 1. The number of carbonyl (C=O) groups excluding carboxylic acids is 1. The summed E-state index contributed by atoms with van der Waals surface area (Å²) < 4.78 is 65.4. The van der Waals surface area contributed by atoms with Crippen LogP contribution < -0.4 is 15.4 Å². The molecule has 6 nitrogen and oxygen atoms in total. The van der Waals surface area contributed by atoms with Crippen molar-refractivity contribution < 1.29 is 26.4 Å². The SMILES string of the molecule is CCCc1ccccc1C1Nc2cc(C(F)(F)F)c(S(N)(=O)=O)cc2C(=O)N1c1ccccc1C. The van der Waals surface area contributed by atoms with Crippen LogP contribution in [0, 0.1) is 6.92 Å². The normalized spacial score (nSPS) is 16.1. The molecule has 1 aliphatic rings. The number of halogens is 3. The minimum Gasteiger partial charge on any atom is -0.360 e. The van der Waals surface area contributed by atoms with Gasteiger partial charge in [0.25, 0.3) is 5.91 Å². The first-order chi connectivity index (χ1) is 16.4. The van der Waals surface area contributed by atoms with E-state index in [1.54, 1.807) is 18.2 Å². The largest absolute Gasteiger partial charge is 0.417 e. The summed E-state index contributed by atoms with van der Waals surface area (Å²) in [5.41, 5.74) is 1.24. The highest BCUT2D eigenvalue weighted by molar-refractivity contribution is 7.89. The molecule has 3 aromatic rings. The van der Waals surface area contributed by atoms with Crippen molar-refractivity contribution in [3.8, 4) is 0 Å². The highest BCUT2D eigenvalue weighted by atomic mass is 32.2. The van der Waals surface area contributed by atoms with Crippen LogP contribution in [-0.2, 0) is 22.6 Å². The fraction of sp³-hybridized carbons (Fsp3) is 0.240. The third kappa shape index (κ3) is 4.63. The third-order valence-corrected chi connectivity index (χ3v) is 6.93. The van der Waals surface area contributed by atoms with Crippen LogP contribution >= 0.6 is 0 Å². The van der Waals surface area contributed by atoms with Crippen molar-refractivity contribution in [2.45, 2.75) is 43.9 Å². The molecule has 1 heterocycles. The van der Waals surface area contributed by atoms with Gasteiger partial charge < -0.3 is 5.32 Å². The van der Waals surface area contributed by atoms with E-state index < -0.39 is 38.7 Å². The lowest BCUT2D eigenvalue weighted by molar-refractivity contribution is -0.139. The molecule has 10 heteroatoms. The highest BCUT2D eigenvalue weighted by Gasteiger charge is 2.42. The number of fused-ring (bicyclic) bond motifs is 1. The molecule has 3 aromatic carbocycles. The van der Waals surface area contributed by atoms with Crippen LogP contribution in [0.4, 0.5) is 24.5 Å². The zero-order valence-corrected chi connectivity index (χ0v) is 19.9. The second kappa shape index (κ2) is 9.01. The summed E-state index contributed by atoms with van der Waals surface area (Å²) in [5.74, 6) is -0.636. The molecule has 184 valence electrons. The van der Waals surface area contributed by atoms with E-state index in [-0.39, 0.29) is 11.3 Å². The molecule has 4 rings (SSSR count). The topological polar surface area (TPSA) is 92.5 Å². The van der Waals surface area contributed by atoms with Gasteiger partial charge in [0, 0.05) is 11.4 Å². The minimum absolute atomic E-state index is 0.115. The molecule has 3 N–H and O–H groups in total. The smallest absolute Gasteiger partial charge is 0.360 e. The number of primary sulfonamides is 1. The van der Waals surface area contributed by atoms with E-state index in [0.29, 0.717) is 24.2 Å². The lowest BCUT2D eigenvalue weighted by atomic mass is 9.95. The average Bonchev–Trinajstić information content (AvgIpc) is 2.78. The molecule has 0 fully saturated rings. The first kappa shape index (κ1) is 24.7. The first-order valence-corrected chi connectivity index (χ1v) is 12.5. The summed E-state index contributed by atoms with van der Waals surface area (Å²) >= 11 is 0. The van der Waals surface area contributed by atoms with Crippen LogP contribution in [0.15, 0.2) is 65.6 Å². The Morgan fingerprint density at radius 1 is 1.06 bits per heavy atom. The van der Waals surface area contributed by atoms with Crippen molar-refractivity contribution in [3.63, 3.8) is 0 Å². The van der Waals surface area contributed by atoms with Gasteiger partial charge >= 0.3 is 6.18 Å². The number of alkyl halides is 3. The summed E-state index contributed by atoms with van der Waals surface area (Å²) in [6.45, 7) is 3.82. The number of nitrogens with one attached hydrogen (secondary N) is 1. The van der Waals surface area contributed by atoms with Crippen molar-refractivity contribution >= 4 is 27.3 Å². The van der Waals surface area contributed by atoms with Crippen LogP contribution in [0.3, 0.4) is 0 Å². The second-order valence-electron chi connectivity index (χ2n) is 8.39. The predicted molar refractivity (Wildman–Crippen MR) is 128 cm³/mol. The maximum absolute atomic E-state index is 13.8. The van der Waals surface area contributed by atoms with Crippen LogP contribution in [0.1, 0.15) is 52.1 Å². The number of carbonyl (C=O) groups is 1. The van der Waals surface area contributed by atoms with Crippen LogP contribution in [0.5, 0.6) is 0 Å². The van der Waals surface area contributed by atoms with E-state index in [0.717, 1.165) is 23.1 Å². The van der Waals surface area contributed by atoms with E-state index in [9.17, 15) is 26.4 Å². The molecule has 0 aliphatic carbocycles. The molecule has 1 aliphatic heterocycles. The van der Waals surface area contributed by atoms with Crippen molar-refractivity contribution in [2.75, 3.05) is 10.2 Å². The predicted octanol–water partition coefficient (Wildman–Crippen LogP) is 5.38. The van der Waals surface area contributed by atoms with Gasteiger partial charge in [-0.1, -0.05) is 55.8 Å². The first-order valence-electron chi connectivity index (χ1n) is 10.9. The number of rotatable bonds is 5. The molecule has 0 bridgehead atoms. The van der Waals surface area contributed by atoms with Crippen molar-refractivity contribution in [2.24, 2.45) is 5.14 Å². The Morgan fingerprint density at radius 3 is 2.34 bits per heavy atom. The fourth-order valence-electron chi connectivity index (χ4n) is 4.39. The summed E-state index contributed by atoms with van der Waals surface area (Å²) in [4.78, 5) is 14.1. The summed E-state index contributed by atoms with van der Waals surface area (Å²) in [5, 5.41) is 8.18. The minimum atomic E-state index is -5.00. The Kier molecular flexibility index (Phi) is 6.37. The van der Waals surface area contributed by atoms with Gasteiger partial charge in [0.05, 0.1) is 16.0 Å². The van der Waals surface area contributed by atoms with E-state index in [2.05, 4.69) is 5.32 Å².